The summed E-state index contributed by atoms with van der Waals surface area (Å²) in [5, 5.41) is 11.9. The number of aromatic nitrogens is 2. The van der Waals surface area contributed by atoms with Crippen molar-refractivity contribution in [3.63, 3.8) is 0 Å². The number of esters is 1. The molecule has 0 saturated heterocycles. The van der Waals surface area contributed by atoms with Gasteiger partial charge in [-0.3, -0.25) is 4.68 Å². The Bertz CT molecular complexity index is 766. The SMILES string of the molecule is CCn1ccc(CNC(=S)Nc2sc3c(c2C(=O)OC)CCC3)n1. The maximum absolute atomic E-state index is 12.1. The number of carbonyl (C=O) groups is 1. The third-order valence-corrected chi connectivity index (χ3v) is 5.44. The average molecular weight is 364 g/mol. The predicted octanol–water partition coefficient (Wildman–Crippen LogP) is 2.73. The number of thiophene rings is 1. The lowest BCUT2D eigenvalue weighted by molar-refractivity contribution is 0.0601. The van der Waals surface area contributed by atoms with Gasteiger partial charge >= 0.3 is 5.97 Å². The summed E-state index contributed by atoms with van der Waals surface area (Å²) in [5.74, 6) is -0.304. The third kappa shape index (κ3) is 3.44. The number of carbonyl (C=O) groups excluding carboxylic acids is 1. The molecule has 0 unspecified atom stereocenters. The molecule has 3 rings (SSSR count). The molecule has 2 N–H and O–H groups in total. The number of rotatable bonds is 5. The van der Waals surface area contributed by atoms with Crippen molar-refractivity contribution in [3.05, 3.63) is 34.0 Å². The first-order valence-corrected chi connectivity index (χ1v) is 9.14. The molecule has 2 heterocycles. The lowest BCUT2D eigenvalue weighted by Gasteiger charge is -2.10. The Morgan fingerprint density at radius 2 is 2.33 bits per heavy atom. The fourth-order valence-corrected chi connectivity index (χ4v) is 4.32. The highest BCUT2D eigenvalue weighted by atomic mass is 32.1. The zero-order chi connectivity index (χ0) is 17.1. The number of nitrogens with one attached hydrogen (secondary N) is 2. The van der Waals surface area contributed by atoms with E-state index in [1.54, 1.807) is 11.3 Å². The highest BCUT2D eigenvalue weighted by Gasteiger charge is 2.27. The number of thiocarbonyl (C=S) groups is 1. The van der Waals surface area contributed by atoms with Gasteiger partial charge in [-0.25, -0.2) is 4.79 Å². The van der Waals surface area contributed by atoms with Crippen molar-refractivity contribution in [1.82, 2.24) is 15.1 Å². The van der Waals surface area contributed by atoms with E-state index in [-0.39, 0.29) is 5.97 Å². The van der Waals surface area contributed by atoms with Crippen molar-refractivity contribution < 1.29 is 9.53 Å². The Hall–Kier alpha value is -1.93. The molecule has 0 aromatic carbocycles. The predicted molar refractivity (Wildman–Crippen MR) is 98.6 cm³/mol. The van der Waals surface area contributed by atoms with Crippen LogP contribution in [-0.4, -0.2) is 28.0 Å². The van der Waals surface area contributed by atoms with Gasteiger partial charge in [-0.2, -0.15) is 5.10 Å². The van der Waals surface area contributed by atoms with E-state index in [1.807, 2.05) is 23.9 Å². The lowest BCUT2D eigenvalue weighted by atomic mass is 10.1. The number of ether oxygens (including phenoxy) is 1. The summed E-state index contributed by atoms with van der Waals surface area (Å²) in [4.78, 5) is 13.4. The van der Waals surface area contributed by atoms with E-state index < -0.39 is 0 Å². The Labute approximate surface area is 150 Å². The van der Waals surface area contributed by atoms with Crippen molar-refractivity contribution in [3.8, 4) is 0 Å². The molecule has 1 aliphatic rings. The van der Waals surface area contributed by atoms with Gasteiger partial charge in [0.1, 0.15) is 5.00 Å². The molecule has 0 amide bonds. The molecule has 2 aromatic heterocycles. The van der Waals surface area contributed by atoms with Gasteiger partial charge in [-0.05, 0) is 50.0 Å². The molecular weight excluding hydrogens is 344 g/mol. The number of fused-ring (bicyclic) bond motifs is 1. The maximum atomic E-state index is 12.1. The quantitative estimate of drug-likeness (QED) is 0.628. The summed E-state index contributed by atoms with van der Waals surface area (Å²) >= 11 is 6.95. The van der Waals surface area contributed by atoms with Crippen LogP contribution >= 0.6 is 23.6 Å². The van der Waals surface area contributed by atoms with Crippen molar-refractivity contribution in [2.24, 2.45) is 0 Å². The summed E-state index contributed by atoms with van der Waals surface area (Å²) in [6.07, 6.45) is 4.97. The second-order valence-corrected chi connectivity index (χ2v) is 7.04. The van der Waals surface area contributed by atoms with E-state index in [4.69, 9.17) is 17.0 Å². The Morgan fingerprint density at radius 1 is 1.50 bits per heavy atom. The molecule has 0 fully saturated rings. The van der Waals surface area contributed by atoms with Crippen molar-refractivity contribution in [2.45, 2.75) is 39.3 Å². The van der Waals surface area contributed by atoms with Gasteiger partial charge < -0.3 is 15.4 Å². The Balaban J connectivity index is 1.67. The molecule has 0 saturated carbocycles. The van der Waals surface area contributed by atoms with Crippen LogP contribution in [0.3, 0.4) is 0 Å². The van der Waals surface area contributed by atoms with Gasteiger partial charge in [0.05, 0.1) is 24.9 Å². The molecule has 0 bridgehead atoms. The van der Waals surface area contributed by atoms with Crippen LogP contribution in [0.15, 0.2) is 12.3 Å². The number of aryl methyl sites for hydroxylation is 2. The Morgan fingerprint density at radius 3 is 3.04 bits per heavy atom. The van der Waals surface area contributed by atoms with Crippen LogP contribution in [0.4, 0.5) is 5.00 Å². The van der Waals surface area contributed by atoms with E-state index in [2.05, 4.69) is 15.7 Å². The first kappa shape index (κ1) is 16.9. The molecule has 1 aliphatic carbocycles. The third-order valence-electron chi connectivity index (χ3n) is 3.99. The molecule has 24 heavy (non-hydrogen) atoms. The van der Waals surface area contributed by atoms with Crippen molar-refractivity contribution in [1.29, 1.82) is 0 Å². The Kier molecular flexibility index (Phi) is 5.15. The monoisotopic (exact) mass is 364 g/mol. The zero-order valence-electron chi connectivity index (χ0n) is 13.7. The van der Waals surface area contributed by atoms with Crippen LogP contribution in [0.5, 0.6) is 0 Å². The minimum Gasteiger partial charge on any atom is -0.465 e. The van der Waals surface area contributed by atoms with Gasteiger partial charge in [0.2, 0.25) is 0 Å². The largest absolute Gasteiger partial charge is 0.465 e. The summed E-state index contributed by atoms with van der Waals surface area (Å²) in [6.45, 7) is 3.42. The maximum Gasteiger partial charge on any atom is 0.341 e. The van der Waals surface area contributed by atoms with Gasteiger partial charge in [0, 0.05) is 17.6 Å². The number of nitrogens with zero attached hydrogens (tertiary/aromatic N) is 2. The summed E-state index contributed by atoms with van der Waals surface area (Å²) in [5.41, 5.74) is 2.66. The molecule has 0 radical (unpaired) electrons. The number of anilines is 1. The van der Waals surface area contributed by atoms with Gasteiger partial charge in [-0.1, -0.05) is 0 Å². The molecular formula is C16H20N4O2S2. The fourth-order valence-electron chi connectivity index (χ4n) is 2.80. The zero-order valence-corrected chi connectivity index (χ0v) is 15.4. The smallest absolute Gasteiger partial charge is 0.341 e. The van der Waals surface area contributed by atoms with E-state index in [0.717, 1.165) is 42.1 Å². The lowest BCUT2D eigenvalue weighted by Crippen LogP contribution is -2.28. The molecule has 6 nitrogen and oxygen atoms in total. The highest BCUT2D eigenvalue weighted by molar-refractivity contribution is 7.80. The van der Waals surface area contributed by atoms with E-state index in [0.29, 0.717) is 17.2 Å². The van der Waals surface area contributed by atoms with E-state index in [9.17, 15) is 4.79 Å². The molecule has 0 aliphatic heterocycles. The number of methoxy groups -OCH3 is 1. The second-order valence-electron chi connectivity index (χ2n) is 5.52. The first-order valence-electron chi connectivity index (χ1n) is 7.92. The average Bonchev–Trinajstić information content (AvgIpc) is 3.27. The van der Waals surface area contributed by atoms with Crippen LogP contribution in [-0.2, 0) is 30.7 Å². The van der Waals surface area contributed by atoms with Crippen LogP contribution < -0.4 is 10.6 Å². The molecule has 2 aromatic rings. The second kappa shape index (κ2) is 7.31. The van der Waals surface area contributed by atoms with Gasteiger partial charge in [0.25, 0.3) is 0 Å². The van der Waals surface area contributed by atoms with Crippen LogP contribution in [0.25, 0.3) is 0 Å². The standard InChI is InChI=1S/C16H20N4O2S2/c1-3-20-8-7-10(19-20)9-17-16(23)18-14-13(15(21)22-2)11-5-4-6-12(11)24-14/h7-8H,3-6,9H2,1-2H3,(H2,17,18,23). The fraction of sp³-hybridized carbons (Fsp3) is 0.438. The normalized spacial score (nSPS) is 12.8. The van der Waals surface area contributed by atoms with Crippen molar-refractivity contribution >= 4 is 39.6 Å². The van der Waals surface area contributed by atoms with E-state index in [1.165, 1.54) is 12.0 Å². The number of hydrogen-bond donors (Lipinski definition) is 2. The minimum absolute atomic E-state index is 0.304. The molecule has 0 spiro atoms. The molecule has 8 heteroatoms. The first-order chi connectivity index (χ1) is 11.6. The van der Waals surface area contributed by atoms with Gasteiger partial charge in [0.15, 0.2) is 5.11 Å². The molecule has 0 atom stereocenters. The van der Waals surface area contributed by atoms with Crippen LogP contribution in [0, 0.1) is 0 Å². The highest BCUT2D eigenvalue weighted by Crippen LogP contribution is 2.39. The van der Waals surface area contributed by atoms with Crippen LogP contribution in [0.2, 0.25) is 0 Å². The number of hydrogen-bond acceptors (Lipinski definition) is 5. The topological polar surface area (TPSA) is 68.2 Å². The van der Waals surface area contributed by atoms with Crippen LogP contribution in [0.1, 0.15) is 39.8 Å². The summed E-state index contributed by atoms with van der Waals surface area (Å²) in [7, 11) is 1.41. The summed E-state index contributed by atoms with van der Waals surface area (Å²) in [6, 6.07) is 1.96. The minimum atomic E-state index is -0.304. The molecule has 128 valence electrons. The van der Waals surface area contributed by atoms with Crippen molar-refractivity contribution in [2.75, 3.05) is 12.4 Å². The van der Waals surface area contributed by atoms with Gasteiger partial charge in [-0.15, -0.1) is 11.3 Å². The van der Waals surface area contributed by atoms with E-state index >= 15 is 0 Å². The summed E-state index contributed by atoms with van der Waals surface area (Å²) < 4.78 is 6.81.